The predicted octanol–water partition coefficient (Wildman–Crippen LogP) is 3.02. The van der Waals surface area contributed by atoms with E-state index in [-0.39, 0.29) is 17.2 Å². The summed E-state index contributed by atoms with van der Waals surface area (Å²) in [4.78, 5) is 11.1. The predicted molar refractivity (Wildman–Crippen MR) is 61.7 cm³/mol. The number of nitriles is 1. The Morgan fingerprint density at radius 1 is 1.35 bits per heavy atom. The Balaban J connectivity index is 3.11. The topological polar surface area (TPSA) is 85.8 Å². The molecule has 1 aromatic rings. The van der Waals surface area contributed by atoms with Crippen LogP contribution in [-0.4, -0.2) is 10.9 Å². The van der Waals surface area contributed by atoms with E-state index in [2.05, 4.69) is 10.2 Å². The van der Waals surface area contributed by atoms with Crippen molar-refractivity contribution in [3.05, 3.63) is 41.3 Å². The molecule has 1 rings (SSSR count). The monoisotopic (exact) mass is 229 g/mol. The van der Waals surface area contributed by atoms with Gasteiger partial charge >= 0.3 is 0 Å². The lowest BCUT2D eigenvalue weighted by Crippen LogP contribution is -1.96. The molecule has 0 fully saturated rings. The quantitative estimate of drug-likeness (QED) is 0.491. The van der Waals surface area contributed by atoms with Gasteiger partial charge in [0.1, 0.15) is 17.5 Å². The summed E-state index contributed by atoms with van der Waals surface area (Å²) in [6, 6.07) is 8.57. The molecular formula is C12H11N3O2. The standard InChI is InChI=1S/C12H11N3O2/c1-8(16)12(9(2)17)15-14-11-6-4-3-5-10(11)7-13/h3-6,16H,1-2H3/b12-8-,15-14?. The average molecular weight is 229 g/mol. The van der Waals surface area contributed by atoms with Crippen molar-refractivity contribution in [3.8, 4) is 6.07 Å². The second kappa shape index (κ2) is 5.56. The molecule has 0 heterocycles. The summed E-state index contributed by atoms with van der Waals surface area (Å²) >= 11 is 0. The van der Waals surface area contributed by atoms with Gasteiger partial charge in [0, 0.05) is 6.92 Å². The first kappa shape index (κ1) is 12.6. The number of azo groups is 1. The van der Waals surface area contributed by atoms with Crippen LogP contribution >= 0.6 is 0 Å². The van der Waals surface area contributed by atoms with Crippen molar-refractivity contribution in [2.75, 3.05) is 0 Å². The van der Waals surface area contributed by atoms with Gasteiger partial charge in [0.25, 0.3) is 0 Å². The fourth-order valence-corrected chi connectivity index (χ4v) is 1.16. The van der Waals surface area contributed by atoms with Crippen LogP contribution in [0.1, 0.15) is 19.4 Å². The number of rotatable bonds is 3. The van der Waals surface area contributed by atoms with Crippen molar-refractivity contribution >= 4 is 11.5 Å². The van der Waals surface area contributed by atoms with E-state index in [4.69, 9.17) is 5.26 Å². The molecule has 1 N–H and O–H groups in total. The van der Waals surface area contributed by atoms with Gasteiger partial charge in [-0.15, -0.1) is 10.2 Å². The minimum Gasteiger partial charge on any atom is -0.510 e. The maximum Gasteiger partial charge on any atom is 0.183 e. The van der Waals surface area contributed by atoms with Gasteiger partial charge in [-0.1, -0.05) is 12.1 Å². The molecule has 0 saturated heterocycles. The number of hydrogen-bond donors (Lipinski definition) is 1. The second-order valence-corrected chi connectivity index (χ2v) is 3.32. The fraction of sp³-hybridized carbons (Fsp3) is 0.167. The highest BCUT2D eigenvalue weighted by molar-refractivity contribution is 5.93. The Morgan fingerprint density at radius 2 is 2.00 bits per heavy atom. The van der Waals surface area contributed by atoms with Crippen LogP contribution in [0.25, 0.3) is 0 Å². The zero-order valence-corrected chi connectivity index (χ0v) is 9.51. The normalized spacial score (nSPS) is 12.1. The first-order valence-electron chi connectivity index (χ1n) is 4.88. The molecule has 0 bridgehead atoms. The molecular weight excluding hydrogens is 218 g/mol. The lowest BCUT2D eigenvalue weighted by Gasteiger charge is -1.98. The number of benzene rings is 1. The number of aliphatic hydroxyl groups is 1. The second-order valence-electron chi connectivity index (χ2n) is 3.32. The van der Waals surface area contributed by atoms with Crippen LogP contribution in [0.2, 0.25) is 0 Å². The molecule has 0 aliphatic carbocycles. The highest BCUT2D eigenvalue weighted by atomic mass is 16.3. The summed E-state index contributed by atoms with van der Waals surface area (Å²) in [6.07, 6.45) is 0. The average Bonchev–Trinajstić information content (AvgIpc) is 2.29. The fourth-order valence-electron chi connectivity index (χ4n) is 1.16. The van der Waals surface area contributed by atoms with E-state index in [1.165, 1.54) is 13.8 Å². The van der Waals surface area contributed by atoms with E-state index in [1.807, 2.05) is 6.07 Å². The minimum absolute atomic E-state index is 0.113. The summed E-state index contributed by atoms with van der Waals surface area (Å²) in [5.74, 6) is -0.584. The number of hydrogen-bond acceptors (Lipinski definition) is 5. The molecule has 0 unspecified atom stereocenters. The summed E-state index contributed by atoms with van der Waals surface area (Å²) in [5, 5.41) is 25.5. The lowest BCUT2D eigenvalue weighted by molar-refractivity contribution is -0.113. The number of Topliss-reactive ketones (excluding diaryl/α,β-unsaturated/α-hetero) is 1. The van der Waals surface area contributed by atoms with E-state index in [1.54, 1.807) is 24.3 Å². The van der Waals surface area contributed by atoms with Crippen molar-refractivity contribution in [2.45, 2.75) is 13.8 Å². The van der Waals surface area contributed by atoms with E-state index < -0.39 is 0 Å². The summed E-state index contributed by atoms with van der Waals surface area (Å²) in [5.41, 5.74) is 0.600. The van der Waals surface area contributed by atoms with Gasteiger partial charge in [-0.05, 0) is 19.1 Å². The molecule has 5 heteroatoms. The molecule has 86 valence electrons. The van der Waals surface area contributed by atoms with Crippen LogP contribution in [0.3, 0.4) is 0 Å². The van der Waals surface area contributed by atoms with Gasteiger partial charge in [-0.3, -0.25) is 4.79 Å². The molecule has 5 nitrogen and oxygen atoms in total. The Kier molecular flexibility index (Phi) is 4.12. The SMILES string of the molecule is CC(=O)/C(N=Nc1ccccc1C#N)=C(\C)O. The number of ketones is 1. The van der Waals surface area contributed by atoms with Gasteiger partial charge in [0.2, 0.25) is 0 Å². The zero-order chi connectivity index (χ0) is 12.8. The van der Waals surface area contributed by atoms with Crippen LogP contribution < -0.4 is 0 Å². The number of aliphatic hydroxyl groups excluding tert-OH is 1. The minimum atomic E-state index is -0.386. The number of carbonyl (C=O) groups is 1. The number of carbonyl (C=O) groups excluding carboxylic acids is 1. The molecule has 17 heavy (non-hydrogen) atoms. The Morgan fingerprint density at radius 3 is 2.53 bits per heavy atom. The molecule has 0 aliphatic heterocycles. The van der Waals surface area contributed by atoms with Crippen molar-refractivity contribution in [1.29, 1.82) is 5.26 Å². The van der Waals surface area contributed by atoms with Crippen molar-refractivity contribution in [1.82, 2.24) is 0 Å². The van der Waals surface area contributed by atoms with E-state index >= 15 is 0 Å². The Hall–Kier alpha value is -2.48. The van der Waals surface area contributed by atoms with E-state index in [9.17, 15) is 9.90 Å². The zero-order valence-electron chi connectivity index (χ0n) is 9.51. The van der Waals surface area contributed by atoms with Gasteiger partial charge in [-0.25, -0.2) is 0 Å². The molecule has 0 aromatic heterocycles. The van der Waals surface area contributed by atoms with Gasteiger partial charge in [-0.2, -0.15) is 5.26 Å². The van der Waals surface area contributed by atoms with Crippen molar-refractivity contribution < 1.29 is 9.90 Å². The summed E-state index contributed by atoms with van der Waals surface area (Å²) < 4.78 is 0. The smallest absolute Gasteiger partial charge is 0.183 e. The summed E-state index contributed by atoms with van der Waals surface area (Å²) in [6.45, 7) is 2.64. The first-order chi connectivity index (χ1) is 8.06. The van der Waals surface area contributed by atoms with Gasteiger partial charge in [0.05, 0.1) is 5.56 Å². The summed E-state index contributed by atoms with van der Waals surface area (Å²) in [7, 11) is 0. The maximum atomic E-state index is 11.1. The maximum absolute atomic E-state index is 11.1. The molecule has 1 aromatic carbocycles. The molecule has 0 amide bonds. The highest BCUT2D eigenvalue weighted by Crippen LogP contribution is 2.19. The van der Waals surface area contributed by atoms with Crippen LogP contribution in [0.15, 0.2) is 46.0 Å². The highest BCUT2D eigenvalue weighted by Gasteiger charge is 2.07. The number of allylic oxidation sites excluding steroid dienone is 2. The van der Waals surface area contributed by atoms with Crippen molar-refractivity contribution in [2.24, 2.45) is 10.2 Å². The lowest BCUT2D eigenvalue weighted by atomic mass is 10.2. The van der Waals surface area contributed by atoms with Crippen molar-refractivity contribution in [3.63, 3.8) is 0 Å². The third-order valence-electron chi connectivity index (χ3n) is 1.96. The van der Waals surface area contributed by atoms with Crippen LogP contribution in [0.4, 0.5) is 5.69 Å². The largest absolute Gasteiger partial charge is 0.510 e. The van der Waals surface area contributed by atoms with E-state index in [0.717, 1.165) is 0 Å². The third kappa shape index (κ3) is 3.24. The van der Waals surface area contributed by atoms with Crippen LogP contribution in [-0.2, 0) is 4.79 Å². The Labute approximate surface area is 98.7 Å². The molecule has 0 aliphatic rings. The molecule has 0 atom stereocenters. The third-order valence-corrected chi connectivity index (χ3v) is 1.96. The van der Waals surface area contributed by atoms with Crippen LogP contribution in [0, 0.1) is 11.3 Å². The molecule has 0 radical (unpaired) electrons. The van der Waals surface area contributed by atoms with Gasteiger partial charge < -0.3 is 5.11 Å². The molecule has 0 spiro atoms. The molecule has 0 saturated carbocycles. The van der Waals surface area contributed by atoms with Gasteiger partial charge in [0.15, 0.2) is 11.5 Å². The van der Waals surface area contributed by atoms with E-state index in [0.29, 0.717) is 11.3 Å². The number of nitrogens with zero attached hydrogens (tertiary/aromatic N) is 3. The van der Waals surface area contributed by atoms with Crippen LogP contribution in [0.5, 0.6) is 0 Å². The Bertz CT molecular complexity index is 535. The first-order valence-corrected chi connectivity index (χ1v) is 4.88.